The third-order valence-corrected chi connectivity index (χ3v) is 23.3. The molecular weight excluding hydrogens is 1450 g/mol. The number of likely N-dealkylation sites (tertiary alicyclic amines) is 2. The van der Waals surface area contributed by atoms with Gasteiger partial charge in [0.25, 0.3) is 0 Å². The number of allylic oxidation sites excluding steroid dienone is 1. The number of carbonyl (C=O) groups is 10. The number of aliphatic hydroxyl groups is 2. The van der Waals surface area contributed by atoms with Crippen molar-refractivity contribution < 1.29 is 86.6 Å². The molecule has 2 aliphatic heterocycles. The van der Waals surface area contributed by atoms with Crippen LogP contribution in [0.15, 0.2) is 72.3 Å². The summed E-state index contributed by atoms with van der Waals surface area (Å²) in [5.41, 5.74) is 1.70. The summed E-state index contributed by atoms with van der Waals surface area (Å²) in [6.07, 6.45) is -1.47. The highest BCUT2D eigenvalue weighted by Crippen LogP contribution is 2.34. The van der Waals surface area contributed by atoms with Crippen LogP contribution in [0.25, 0.3) is 0 Å². The first-order valence-electron chi connectivity index (χ1n) is 40.6. The van der Waals surface area contributed by atoms with Crippen LogP contribution in [0.1, 0.15) is 192 Å². The Bertz CT molecular complexity index is 3170. The predicted octanol–water partition coefficient (Wildman–Crippen LogP) is 8.72. The van der Waals surface area contributed by atoms with E-state index in [-0.39, 0.29) is 61.5 Å². The number of carbonyl (C=O) groups excluding carboxylic acids is 10. The quantitative estimate of drug-likeness (QED) is 0.0338. The molecule has 0 aromatic heterocycles. The summed E-state index contributed by atoms with van der Waals surface area (Å²) in [5, 5.41) is 33.8. The first kappa shape index (κ1) is 97.6. The first-order valence-corrected chi connectivity index (χ1v) is 40.6. The lowest BCUT2D eigenvalue weighted by atomic mass is 9.89. The molecule has 2 saturated heterocycles. The van der Waals surface area contributed by atoms with Crippen molar-refractivity contribution in [2.45, 2.75) is 266 Å². The zero-order chi connectivity index (χ0) is 85.2. The van der Waals surface area contributed by atoms with E-state index in [1.807, 2.05) is 64.1 Å². The molecule has 2 fully saturated rings. The van der Waals surface area contributed by atoms with Gasteiger partial charge in [-0.15, -0.1) is 0 Å². The molecule has 0 radical (unpaired) electrons. The van der Waals surface area contributed by atoms with Crippen molar-refractivity contribution in [1.29, 1.82) is 0 Å². The van der Waals surface area contributed by atoms with Crippen LogP contribution in [-0.2, 0) is 66.8 Å². The van der Waals surface area contributed by atoms with E-state index in [9.17, 15) is 58.2 Å². The maximum absolute atomic E-state index is 14.9. The standard InChI is InChI=1S/C85H140N10O18/c1-26-53(12)72(64(108-22)45-66(96)94-43-35-41-62(94)76(110-24)55(14)78(100)86-57(16)74(98)60-37-31-29-32-38-60)90(18)82(104)68(49(4)5)88-80(102)70(51(8)9)92(20)84(106)112-47-59(28-3)48-113-85(107)93(21)71(52(10)11)81(103)89-69(50(6)7)83(105)91(19)73(54(13)27-2)65(109-23)46-67(97)95-44-36-42-63(95)77(111-25)56(15)79(101)87-58(17)75(99)61-39-33-30-34-40-61/h28-34,37-40,49-58,62-65,68-77,98-99H,26-27,35-36,41-48H2,1-25H3,(H,86,100)(H,87,101)(H,88,102)(H,89,103)/t53-,54-,55+,56+,57+,58+,62-,63-,64+,65+,68-,69-,70-,71-,72-,73-,74+,75+,76+,77+/m0/s1. The van der Waals surface area contributed by atoms with Crippen molar-refractivity contribution in [3.63, 3.8) is 0 Å². The molecule has 0 spiro atoms. The Morgan fingerprint density at radius 2 is 0.796 bits per heavy atom. The Hall–Kier alpha value is -7.76. The van der Waals surface area contributed by atoms with Crippen molar-refractivity contribution in [2.24, 2.45) is 47.3 Å². The molecule has 638 valence electrons. The van der Waals surface area contributed by atoms with Crippen molar-refractivity contribution in [3.05, 3.63) is 83.4 Å². The first-order chi connectivity index (χ1) is 53.3. The minimum Gasteiger partial charge on any atom is -0.445 e. The molecule has 2 aromatic rings. The predicted molar refractivity (Wildman–Crippen MR) is 433 cm³/mol. The van der Waals surface area contributed by atoms with E-state index in [2.05, 4.69) is 21.3 Å². The third-order valence-electron chi connectivity index (χ3n) is 23.3. The van der Waals surface area contributed by atoms with Gasteiger partial charge in [-0.3, -0.25) is 48.2 Å². The number of aliphatic hydroxyl groups excluding tert-OH is 2. The van der Waals surface area contributed by atoms with Gasteiger partial charge in [0.15, 0.2) is 0 Å². The summed E-state index contributed by atoms with van der Waals surface area (Å²) < 4.78 is 35.7. The Kier molecular flexibility index (Phi) is 40.3. The minimum atomic E-state index is -1.13. The maximum atomic E-state index is 14.9. The average Bonchev–Trinajstić information content (AvgIpc) is 1.02. The number of benzene rings is 2. The van der Waals surface area contributed by atoms with Crippen LogP contribution in [-0.4, -0.2) is 267 Å². The number of hydrogen-bond acceptors (Lipinski definition) is 18. The van der Waals surface area contributed by atoms with Crippen LogP contribution in [0, 0.1) is 47.3 Å². The van der Waals surface area contributed by atoms with E-state index in [0.29, 0.717) is 68.3 Å². The highest BCUT2D eigenvalue weighted by Gasteiger charge is 2.47. The number of amides is 10. The number of rotatable bonds is 44. The second-order valence-electron chi connectivity index (χ2n) is 32.6. The Morgan fingerprint density at radius 3 is 1.07 bits per heavy atom. The Labute approximate surface area is 673 Å². The summed E-state index contributed by atoms with van der Waals surface area (Å²) in [5.74, 6) is -6.90. The average molecular weight is 1590 g/mol. The van der Waals surface area contributed by atoms with Crippen LogP contribution in [0.4, 0.5) is 9.59 Å². The molecule has 28 nitrogen and oxygen atoms in total. The summed E-state index contributed by atoms with van der Waals surface area (Å²) in [4.78, 5) is 153. The van der Waals surface area contributed by atoms with Crippen molar-refractivity contribution in [1.82, 2.24) is 50.7 Å². The molecule has 0 unspecified atom stereocenters. The van der Waals surface area contributed by atoms with Gasteiger partial charge < -0.3 is 79.5 Å². The molecule has 2 aromatic carbocycles. The molecule has 0 aliphatic carbocycles. The van der Waals surface area contributed by atoms with Crippen LogP contribution in [0.5, 0.6) is 0 Å². The molecule has 113 heavy (non-hydrogen) atoms. The minimum absolute atomic E-state index is 0.103. The molecule has 20 atom stereocenters. The number of nitrogens with one attached hydrogen (secondary N) is 4. The van der Waals surface area contributed by atoms with E-state index in [1.54, 1.807) is 154 Å². The molecule has 0 bridgehead atoms. The SMILES string of the molecule is CC=C(COC(=O)N(C)[C@H](C(=O)N[C@H](C(=O)N(C)[C@@H]([C@@H](C)CC)[C@@H](CC(=O)N1CCC[C@H]1[C@H](OC)[C@@H](C)C(=O)N[C@H](C)[C@@H](O)c1ccccc1)OC)C(C)C)C(C)C)COC(=O)N(C)[C@H](C(=O)N[C@H](C(=O)N(C)[C@@H]([C@@H](C)CC)[C@@H](CC(=O)N1CCC[C@H]1[C@H](OC)[C@@H](C)C(=O)N[C@H](C)[C@@H](O)c1ccccc1)OC)C(C)C)C(C)C. The molecule has 4 rings (SSSR count). The highest BCUT2D eigenvalue weighted by atomic mass is 16.6. The molecule has 0 saturated carbocycles. The normalized spacial score (nSPS) is 19.2. The number of ether oxygens (including phenoxy) is 6. The van der Waals surface area contributed by atoms with Crippen molar-refractivity contribution in [2.75, 3.05) is 82.9 Å². The molecular formula is C85H140N10O18. The van der Waals surface area contributed by atoms with E-state index in [4.69, 9.17) is 28.4 Å². The lowest BCUT2D eigenvalue weighted by molar-refractivity contribution is -0.148. The van der Waals surface area contributed by atoms with Gasteiger partial charge >= 0.3 is 12.2 Å². The van der Waals surface area contributed by atoms with Gasteiger partial charge in [-0.1, -0.05) is 177 Å². The second-order valence-corrected chi connectivity index (χ2v) is 32.6. The second kappa shape index (κ2) is 46.7. The van der Waals surface area contributed by atoms with Crippen LogP contribution >= 0.6 is 0 Å². The monoisotopic (exact) mass is 1590 g/mol. The number of hydrogen-bond donors (Lipinski definition) is 6. The van der Waals surface area contributed by atoms with Crippen molar-refractivity contribution >= 4 is 59.4 Å². The summed E-state index contributed by atoms with van der Waals surface area (Å²) >= 11 is 0. The van der Waals surface area contributed by atoms with Gasteiger partial charge in [0, 0.05) is 75.3 Å². The zero-order valence-corrected chi connectivity index (χ0v) is 72.3. The van der Waals surface area contributed by atoms with Gasteiger partial charge in [-0.05, 0) is 93.1 Å². The largest absolute Gasteiger partial charge is 0.445 e. The summed E-state index contributed by atoms with van der Waals surface area (Å²) in [6.45, 7) is 30.9. The topological polar surface area (TPSA) is 334 Å². The summed E-state index contributed by atoms with van der Waals surface area (Å²) in [6, 6.07) is 10.3. The lowest BCUT2D eigenvalue weighted by Crippen LogP contribution is -2.60. The van der Waals surface area contributed by atoms with Crippen LogP contribution < -0.4 is 21.3 Å². The fourth-order valence-electron chi connectivity index (χ4n) is 16.1. The zero-order valence-electron chi connectivity index (χ0n) is 72.3. The van der Waals surface area contributed by atoms with Gasteiger partial charge in [0.1, 0.15) is 37.4 Å². The Morgan fingerprint density at radius 1 is 0.469 bits per heavy atom. The molecule has 28 heteroatoms. The smallest absolute Gasteiger partial charge is 0.410 e. The van der Waals surface area contributed by atoms with Gasteiger partial charge in [-0.2, -0.15) is 0 Å². The highest BCUT2D eigenvalue weighted by molar-refractivity contribution is 5.93. The van der Waals surface area contributed by atoms with E-state index in [0.717, 1.165) is 9.80 Å². The molecule has 10 amide bonds. The number of methoxy groups -OCH3 is 4. The third kappa shape index (κ3) is 26.1. The molecule has 6 N–H and O–H groups in total. The number of nitrogens with zero attached hydrogens (tertiary/aromatic N) is 6. The van der Waals surface area contributed by atoms with Crippen LogP contribution in [0.3, 0.4) is 0 Å². The van der Waals surface area contributed by atoms with Crippen molar-refractivity contribution in [3.8, 4) is 0 Å². The van der Waals surface area contributed by atoms with E-state index >= 15 is 0 Å². The Balaban J connectivity index is 1.40. The maximum Gasteiger partial charge on any atom is 0.410 e. The fourth-order valence-corrected chi connectivity index (χ4v) is 16.1. The van der Waals surface area contributed by atoms with Gasteiger partial charge in [0.2, 0.25) is 47.3 Å². The summed E-state index contributed by atoms with van der Waals surface area (Å²) in [7, 11) is 12.1. The van der Waals surface area contributed by atoms with Gasteiger partial charge in [-0.25, -0.2) is 9.59 Å². The number of likely N-dealkylation sites (N-methyl/N-ethyl adjacent to an activating group) is 4. The molecule has 2 aliphatic rings. The van der Waals surface area contributed by atoms with E-state index < -0.39 is 168 Å². The fraction of sp³-hybridized carbons (Fsp3) is 0.718. The molecule has 2 heterocycles. The van der Waals surface area contributed by atoms with Crippen LogP contribution in [0.2, 0.25) is 0 Å². The van der Waals surface area contributed by atoms with E-state index in [1.165, 1.54) is 42.5 Å². The lowest BCUT2D eigenvalue weighted by Gasteiger charge is -2.41. The van der Waals surface area contributed by atoms with Gasteiger partial charge in [0.05, 0.1) is 97.6 Å².